The van der Waals surface area contributed by atoms with Crippen LogP contribution in [-0.2, 0) is 4.79 Å². The van der Waals surface area contributed by atoms with Crippen LogP contribution in [0.1, 0.15) is 25.3 Å². The zero-order chi connectivity index (χ0) is 12.1. The van der Waals surface area contributed by atoms with Crippen molar-refractivity contribution in [2.24, 2.45) is 0 Å². The molecular formula is C15H15NO. The lowest BCUT2D eigenvalue weighted by atomic mass is 10.1. The van der Waals surface area contributed by atoms with Crippen LogP contribution in [0.25, 0.3) is 17.0 Å². The van der Waals surface area contributed by atoms with Gasteiger partial charge in [-0.25, -0.2) is 0 Å². The van der Waals surface area contributed by atoms with E-state index in [4.69, 9.17) is 0 Å². The zero-order valence-corrected chi connectivity index (χ0v) is 9.89. The first-order chi connectivity index (χ1) is 8.27. The Hall–Kier alpha value is -1.96. The lowest BCUT2D eigenvalue weighted by molar-refractivity contribution is -0.116. The molecule has 1 heterocycles. The van der Waals surface area contributed by atoms with Crippen LogP contribution in [0.15, 0.2) is 42.6 Å². The van der Waals surface area contributed by atoms with Gasteiger partial charge in [0.2, 0.25) is 0 Å². The zero-order valence-electron chi connectivity index (χ0n) is 9.89. The number of Topliss-reactive ketones (excluding diaryl/α,β-unsaturated/α-hetero) is 1. The van der Waals surface area contributed by atoms with Gasteiger partial charge in [-0.1, -0.05) is 30.4 Å². The average molecular weight is 225 g/mol. The molecule has 2 rings (SSSR count). The summed E-state index contributed by atoms with van der Waals surface area (Å²) in [6.45, 7) is 1.62. The summed E-state index contributed by atoms with van der Waals surface area (Å²) in [6, 6.07) is 10.1. The van der Waals surface area contributed by atoms with Crippen LogP contribution in [0.2, 0.25) is 0 Å². The number of nitrogens with zero attached hydrogens (tertiary/aromatic N) is 1. The number of pyridine rings is 1. The van der Waals surface area contributed by atoms with Gasteiger partial charge in [0.25, 0.3) is 0 Å². The fourth-order valence-corrected chi connectivity index (χ4v) is 1.76. The summed E-state index contributed by atoms with van der Waals surface area (Å²) in [5.74, 6) is 0.231. The highest BCUT2D eigenvalue weighted by molar-refractivity contribution is 5.87. The van der Waals surface area contributed by atoms with Crippen molar-refractivity contribution in [2.45, 2.75) is 19.8 Å². The number of para-hydroxylation sites is 1. The molecule has 1 aromatic heterocycles. The van der Waals surface area contributed by atoms with Crippen LogP contribution in [0, 0.1) is 0 Å². The summed E-state index contributed by atoms with van der Waals surface area (Å²) in [5, 5.41) is 1.15. The van der Waals surface area contributed by atoms with Gasteiger partial charge in [-0.15, -0.1) is 0 Å². The molecule has 0 amide bonds. The molecule has 0 aliphatic heterocycles. The Labute approximate surface area is 101 Å². The third-order valence-corrected chi connectivity index (χ3v) is 2.64. The van der Waals surface area contributed by atoms with Crippen molar-refractivity contribution in [3.8, 4) is 0 Å². The Kier molecular flexibility index (Phi) is 3.66. The van der Waals surface area contributed by atoms with Crippen molar-refractivity contribution in [2.75, 3.05) is 0 Å². The molecule has 0 atom stereocenters. The van der Waals surface area contributed by atoms with Crippen LogP contribution in [0.5, 0.6) is 0 Å². The predicted octanol–water partition coefficient (Wildman–Crippen LogP) is 3.62. The highest BCUT2D eigenvalue weighted by Gasteiger charge is 1.97. The highest BCUT2D eigenvalue weighted by atomic mass is 16.1. The lowest BCUT2D eigenvalue weighted by Crippen LogP contribution is -1.86. The number of aromatic nitrogens is 1. The van der Waals surface area contributed by atoms with E-state index in [1.807, 2.05) is 36.5 Å². The van der Waals surface area contributed by atoms with Crippen LogP contribution in [0.3, 0.4) is 0 Å². The van der Waals surface area contributed by atoms with E-state index in [1.165, 1.54) is 0 Å². The van der Waals surface area contributed by atoms with Gasteiger partial charge >= 0.3 is 0 Å². The maximum Gasteiger partial charge on any atom is 0.130 e. The van der Waals surface area contributed by atoms with Gasteiger partial charge < -0.3 is 4.79 Å². The standard InChI is InChI=1S/C15H15NO/c1-12(17)6-2-3-7-13-10-11-16-15-9-5-4-8-14(13)15/h3-5,7-11H,2,6H2,1H3/b7-3+. The number of carbonyl (C=O) groups excluding carboxylic acids is 1. The lowest BCUT2D eigenvalue weighted by Gasteiger charge is -2.00. The number of hydrogen-bond acceptors (Lipinski definition) is 2. The van der Waals surface area contributed by atoms with Gasteiger partial charge in [0.1, 0.15) is 5.78 Å². The summed E-state index contributed by atoms with van der Waals surface area (Å²) in [5.41, 5.74) is 2.15. The fourth-order valence-electron chi connectivity index (χ4n) is 1.76. The van der Waals surface area contributed by atoms with Gasteiger partial charge in [0.05, 0.1) is 5.52 Å². The Morgan fingerprint density at radius 1 is 1.29 bits per heavy atom. The SMILES string of the molecule is CC(=O)CC/C=C/c1ccnc2ccccc12. The normalized spacial score (nSPS) is 11.1. The molecular weight excluding hydrogens is 210 g/mol. The van der Waals surface area contributed by atoms with E-state index in [9.17, 15) is 4.79 Å². The highest BCUT2D eigenvalue weighted by Crippen LogP contribution is 2.17. The van der Waals surface area contributed by atoms with Crippen LogP contribution in [0.4, 0.5) is 0 Å². The van der Waals surface area contributed by atoms with E-state index in [2.05, 4.69) is 17.1 Å². The summed E-state index contributed by atoms with van der Waals surface area (Å²) < 4.78 is 0. The number of benzene rings is 1. The molecule has 2 nitrogen and oxygen atoms in total. The van der Waals surface area contributed by atoms with Gasteiger partial charge in [-0.05, 0) is 31.0 Å². The molecule has 0 N–H and O–H groups in total. The summed E-state index contributed by atoms with van der Waals surface area (Å²) in [4.78, 5) is 15.1. The van der Waals surface area contributed by atoms with Crippen molar-refractivity contribution in [1.29, 1.82) is 0 Å². The quantitative estimate of drug-likeness (QED) is 0.795. The van der Waals surface area contributed by atoms with E-state index in [0.29, 0.717) is 6.42 Å². The molecule has 86 valence electrons. The fraction of sp³-hybridized carbons (Fsp3) is 0.200. The number of fused-ring (bicyclic) bond motifs is 1. The first-order valence-corrected chi connectivity index (χ1v) is 5.77. The van der Waals surface area contributed by atoms with Gasteiger partial charge in [-0.3, -0.25) is 4.98 Å². The number of ketones is 1. The first-order valence-electron chi connectivity index (χ1n) is 5.77. The van der Waals surface area contributed by atoms with Crippen molar-refractivity contribution in [3.63, 3.8) is 0 Å². The summed E-state index contributed by atoms with van der Waals surface area (Å²) in [6.07, 6.45) is 7.33. The molecule has 2 heteroatoms. The predicted molar refractivity (Wildman–Crippen MR) is 70.7 cm³/mol. The molecule has 2 aromatic rings. The Balaban J connectivity index is 2.21. The van der Waals surface area contributed by atoms with Crippen molar-refractivity contribution >= 4 is 22.8 Å². The first kappa shape index (κ1) is 11.5. The number of rotatable bonds is 4. The Morgan fingerprint density at radius 2 is 2.12 bits per heavy atom. The van der Waals surface area contributed by atoms with E-state index in [0.717, 1.165) is 22.9 Å². The second-order valence-corrected chi connectivity index (χ2v) is 4.06. The molecule has 17 heavy (non-hydrogen) atoms. The summed E-state index contributed by atoms with van der Waals surface area (Å²) >= 11 is 0. The molecule has 0 unspecified atom stereocenters. The van der Waals surface area contributed by atoms with Gasteiger partial charge in [-0.2, -0.15) is 0 Å². The third-order valence-electron chi connectivity index (χ3n) is 2.64. The molecule has 0 saturated heterocycles. The monoisotopic (exact) mass is 225 g/mol. The van der Waals surface area contributed by atoms with E-state index >= 15 is 0 Å². The number of hydrogen-bond donors (Lipinski definition) is 0. The number of allylic oxidation sites excluding steroid dienone is 1. The number of carbonyl (C=O) groups is 1. The molecule has 1 aromatic carbocycles. The molecule has 0 aliphatic rings. The van der Waals surface area contributed by atoms with E-state index in [1.54, 1.807) is 6.92 Å². The van der Waals surface area contributed by atoms with Crippen molar-refractivity contribution in [3.05, 3.63) is 48.2 Å². The minimum Gasteiger partial charge on any atom is -0.300 e. The van der Waals surface area contributed by atoms with Crippen molar-refractivity contribution < 1.29 is 4.79 Å². The average Bonchev–Trinajstić information content (AvgIpc) is 2.34. The second kappa shape index (κ2) is 5.39. The largest absolute Gasteiger partial charge is 0.300 e. The molecule has 0 spiro atoms. The van der Waals surface area contributed by atoms with E-state index < -0.39 is 0 Å². The summed E-state index contributed by atoms with van der Waals surface area (Å²) in [7, 11) is 0. The minimum absolute atomic E-state index is 0.231. The van der Waals surface area contributed by atoms with Crippen LogP contribution in [-0.4, -0.2) is 10.8 Å². The molecule has 0 fully saturated rings. The minimum atomic E-state index is 0.231. The smallest absolute Gasteiger partial charge is 0.130 e. The molecule has 0 aliphatic carbocycles. The van der Waals surface area contributed by atoms with Gasteiger partial charge in [0.15, 0.2) is 0 Å². The van der Waals surface area contributed by atoms with Crippen molar-refractivity contribution in [1.82, 2.24) is 4.98 Å². The maximum absolute atomic E-state index is 10.8. The van der Waals surface area contributed by atoms with Crippen LogP contribution < -0.4 is 0 Å². The molecule has 0 radical (unpaired) electrons. The molecule has 0 saturated carbocycles. The molecule has 0 bridgehead atoms. The Morgan fingerprint density at radius 3 is 2.94 bits per heavy atom. The van der Waals surface area contributed by atoms with Crippen LogP contribution >= 0.6 is 0 Å². The maximum atomic E-state index is 10.8. The topological polar surface area (TPSA) is 30.0 Å². The van der Waals surface area contributed by atoms with Gasteiger partial charge in [0, 0.05) is 18.0 Å². The van der Waals surface area contributed by atoms with E-state index in [-0.39, 0.29) is 5.78 Å². The Bertz CT molecular complexity index is 552. The third kappa shape index (κ3) is 3.00. The second-order valence-electron chi connectivity index (χ2n) is 4.06.